The van der Waals surface area contributed by atoms with Gasteiger partial charge in [-0.1, -0.05) is 6.92 Å². The van der Waals surface area contributed by atoms with Crippen molar-refractivity contribution in [2.75, 3.05) is 17.3 Å². The number of hydrogen-bond donors (Lipinski definition) is 1. The van der Waals surface area contributed by atoms with Crippen molar-refractivity contribution in [3.05, 3.63) is 0 Å². The average Bonchev–Trinajstić information content (AvgIpc) is 1.63. The first-order valence-electron chi connectivity index (χ1n) is 2.59. The fraction of sp³-hybridized carbons (Fsp3) is 1.00. The molecule has 0 aliphatic heterocycles. The van der Waals surface area contributed by atoms with Gasteiger partial charge in [-0.3, -0.25) is 4.55 Å². The maximum Gasteiger partial charge on any atom is 1.00 e. The molecule has 6 heteroatoms. The molecule has 0 rings (SSSR count). The molecule has 0 aliphatic carbocycles. The van der Waals surface area contributed by atoms with Crippen LogP contribution in [0.3, 0.4) is 0 Å². The van der Waals surface area contributed by atoms with Gasteiger partial charge in [0.15, 0.2) is 0 Å². The molecule has 0 radical (unpaired) electrons. The Labute approximate surface area is 89.5 Å². The number of rotatable bonds is 4. The molecule has 10 heavy (non-hydrogen) atoms. The zero-order valence-electron chi connectivity index (χ0n) is 7.20. The van der Waals surface area contributed by atoms with Gasteiger partial charge in [0.2, 0.25) is 0 Å². The standard InChI is InChI=1S/C4H10O3S2.Na.H/c1-2-8-3-4-9(5,6)7;;/h2-4H2,1H3,(H,5,6,7);;/q;+1;-1. The van der Waals surface area contributed by atoms with Gasteiger partial charge < -0.3 is 1.43 Å². The predicted octanol–water partition coefficient (Wildman–Crippen LogP) is -2.26. The van der Waals surface area contributed by atoms with Crippen molar-refractivity contribution in [3.63, 3.8) is 0 Å². The maximum atomic E-state index is 10.0. The number of thioether (sulfide) groups is 1. The molecule has 0 atom stereocenters. The summed E-state index contributed by atoms with van der Waals surface area (Å²) in [6.07, 6.45) is 0. The van der Waals surface area contributed by atoms with Gasteiger partial charge in [-0.15, -0.1) is 0 Å². The smallest absolute Gasteiger partial charge is 1.00 e. The van der Waals surface area contributed by atoms with Gasteiger partial charge in [0.1, 0.15) is 0 Å². The minimum atomic E-state index is -3.72. The zero-order valence-corrected chi connectivity index (χ0v) is 9.83. The van der Waals surface area contributed by atoms with E-state index in [9.17, 15) is 8.42 Å². The van der Waals surface area contributed by atoms with Gasteiger partial charge in [-0.25, -0.2) is 0 Å². The predicted molar refractivity (Wildman–Crippen MR) is 40.5 cm³/mol. The second-order valence-electron chi connectivity index (χ2n) is 1.48. The third-order valence-corrected chi connectivity index (χ3v) is 2.57. The largest absolute Gasteiger partial charge is 1.00 e. The molecular formula is C4H11NaO3S2. The van der Waals surface area contributed by atoms with Crippen molar-refractivity contribution >= 4 is 21.9 Å². The molecule has 0 amide bonds. The van der Waals surface area contributed by atoms with Gasteiger partial charge >= 0.3 is 29.6 Å². The molecule has 3 nitrogen and oxygen atoms in total. The van der Waals surface area contributed by atoms with E-state index in [0.29, 0.717) is 5.75 Å². The van der Waals surface area contributed by atoms with Crippen LogP contribution in [0.25, 0.3) is 0 Å². The molecule has 0 aromatic heterocycles. The van der Waals surface area contributed by atoms with Crippen molar-refractivity contribution in [2.24, 2.45) is 0 Å². The molecule has 58 valence electrons. The molecule has 0 aliphatic rings. The van der Waals surface area contributed by atoms with Crippen molar-refractivity contribution in [3.8, 4) is 0 Å². The summed E-state index contributed by atoms with van der Waals surface area (Å²) in [6.45, 7) is 1.94. The molecule has 0 saturated heterocycles. The SMILES string of the molecule is CCSCCS(=O)(=O)O.[H-].[Na+]. The second-order valence-corrected chi connectivity index (χ2v) is 4.45. The second kappa shape index (κ2) is 6.94. The summed E-state index contributed by atoms with van der Waals surface area (Å²) < 4.78 is 28.3. The third kappa shape index (κ3) is 12.0. The topological polar surface area (TPSA) is 54.4 Å². The molecule has 0 unspecified atom stereocenters. The fourth-order valence-corrected chi connectivity index (χ4v) is 1.91. The molecule has 0 heterocycles. The Morgan fingerprint density at radius 3 is 2.40 bits per heavy atom. The minimum Gasteiger partial charge on any atom is -1.00 e. The Kier molecular flexibility index (Phi) is 9.59. The third-order valence-electron chi connectivity index (χ3n) is 0.690. The van der Waals surface area contributed by atoms with Crippen LogP contribution in [0.4, 0.5) is 0 Å². The summed E-state index contributed by atoms with van der Waals surface area (Å²) in [5, 5.41) is 0. The van der Waals surface area contributed by atoms with Crippen LogP contribution in [0, 0.1) is 0 Å². The summed E-state index contributed by atoms with van der Waals surface area (Å²) in [5.74, 6) is 1.23. The van der Waals surface area contributed by atoms with Crippen molar-refractivity contribution in [1.82, 2.24) is 0 Å². The first-order chi connectivity index (χ1) is 4.06. The first kappa shape index (κ1) is 13.8. The van der Waals surface area contributed by atoms with E-state index in [1.807, 2.05) is 6.92 Å². The van der Waals surface area contributed by atoms with E-state index in [2.05, 4.69) is 0 Å². The maximum absolute atomic E-state index is 10.0. The monoisotopic (exact) mass is 194 g/mol. The summed E-state index contributed by atoms with van der Waals surface area (Å²) >= 11 is 1.50. The van der Waals surface area contributed by atoms with Gasteiger partial charge in [0, 0.05) is 5.75 Å². The summed E-state index contributed by atoms with van der Waals surface area (Å²) in [6, 6.07) is 0. The van der Waals surface area contributed by atoms with Crippen LogP contribution in [0.2, 0.25) is 0 Å². The molecule has 0 aromatic carbocycles. The zero-order chi connectivity index (χ0) is 7.33. The first-order valence-corrected chi connectivity index (χ1v) is 5.35. The van der Waals surface area contributed by atoms with Crippen LogP contribution < -0.4 is 29.6 Å². The normalized spacial score (nSPS) is 10.6. The molecule has 0 spiro atoms. The van der Waals surface area contributed by atoms with Crippen LogP contribution in [0.15, 0.2) is 0 Å². The Bertz CT molecular complexity index is 159. The van der Waals surface area contributed by atoms with Crippen LogP contribution in [0.1, 0.15) is 8.35 Å². The number of hydrogen-bond acceptors (Lipinski definition) is 3. The van der Waals surface area contributed by atoms with Gasteiger partial charge in [0.05, 0.1) is 5.75 Å². The van der Waals surface area contributed by atoms with E-state index in [4.69, 9.17) is 4.55 Å². The van der Waals surface area contributed by atoms with E-state index in [0.717, 1.165) is 5.75 Å². The van der Waals surface area contributed by atoms with Crippen LogP contribution in [-0.2, 0) is 10.1 Å². The van der Waals surface area contributed by atoms with Crippen molar-refractivity contribution < 1.29 is 44.0 Å². The molecule has 0 fully saturated rings. The molecule has 1 N–H and O–H groups in total. The Morgan fingerprint density at radius 2 is 2.10 bits per heavy atom. The van der Waals surface area contributed by atoms with Crippen LogP contribution in [-0.4, -0.2) is 30.2 Å². The van der Waals surface area contributed by atoms with E-state index < -0.39 is 10.1 Å². The van der Waals surface area contributed by atoms with Crippen LogP contribution in [0.5, 0.6) is 0 Å². The Morgan fingerprint density at radius 1 is 1.60 bits per heavy atom. The van der Waals surface area contributed by atoms with Gasteiger partial charge in [0.25, 0.3) is 10.1 Å². The van der Waals surface area contributed by atoms with E-state index >= 15 is 0 Å². The average molecular weight is 194 g/mol. The summed E-state index contributed by atoms with van der Waals surface area (Å²) in [5.41, 5.74) is 0. The molecule has 0 saturated carbocycles. The Hall–Kier alpha value is 1.26. The molecule has 0 aromatic rings. The molecular weight excluding hydrogens is 183 g/mol. The quantitative estimate of drug-likeness (QED) is 0.312. The van der Waals surface area contributed by atoms with Crippen LogP contribution >= 0.6 is 11.8 Å². The summed E-state index contributed by atoms with van der Waals surface area (Å²) in [4.78, 5) is 0. The summed E-state index contributed by atoms with van der Waals surface area (Å²) in [7, 11) is -3.72. The van der Waals surface area contributed by atoms with Crippen molar-refractivity contribution in [2.45, 2.75) is 6.92 Å². The fourth-order valence-electron chi connectivity index (χ4n) is 0.309. The van der Waals surface area contributed by atoms with E-state index in [1.54, 1.807) is 0 Å². The Balaban J connectivity index is -0.000000320. The minimum absolute atomic E-state index is 0. The van der Waals surface area contributed by atoms with Crippen molar-refractivity contribution in [1.29, 1.82) is 0 Å². The van der Waals surface area contributed by atoms with Gasteiger partial charge in [-0.05, 0) is 5.75 Å². The van der Waals surface area contributed by atoms with E-state index in [1.165, 1.54) is 11.8 Å². The van der Waals surface area contributed by atoms with Gasteiger partial charge in [-0.2, -0.15) is 20.2 Å². The molecule has 0 bridgehead atoms. The van der Waals surface area contributed by atoms with E-state index in [-0.39, 0.29) is 36.7 Å².